The van der Waals surface area contributed by atoms with Gasteiger partial charge in [-0.2, -0.15) is 0 Å². The van der Waals surface area contributed by atoms with Crippen molar-refractivity contribution in [2.75, 3.05) is 0 Å². The first-order valence-electron chi connectivity index (χ1n) is 9.44. The summed E-state index contributed by atoms with van der Waals surface area (Å²) in [7, 11) is 0. The van der Waals surface area contributed by atoms with E-state index in [0.29, 0.717) is 0 Å². The molecule has 0 radical (unpaired) electrons. The van der Waals surface area contributed by atoms with Gasteiger partial charge < -0.3 is 5.11 Å². The van der Waals surface area contributed by atoms with Gasteiger partial charge in [-0.1, -0.05) is 70.6 Å². The molecule has 0 aromatic heterocycles. The fourth-order valence-electron chi connectivity index (χ4n) is 3.00. The van der Waals surface area contributed by atoms with Gasteiger partial charge in [0, 0.05) is 6.42 Å². The molecule has 0 fully saturated rings. The highest BCUT2D eigenvalue weighted by molar-refractivity contribution is 6.33. The second kappa shape index (κ2) is 11.8. The molecule has 0 unspecified atom stereocenters. The van der Waals surface area contributed by atoms with E-state index in [-0.39, 0.29) is 6.42 Å². The van der Waals surface area contributed by atoms with E-state index in [1.807, 2.05) is 12.1 Å². The van der Waals surface area contributed by atoms with Gasteiger partial charge in [-0.05, 0) is 42.4 Å². The summed E-state index contributed by atoms with van der Waals surface area (Å²) >= 11 is 0. The molecule has 1 aromatic rings. The number of carbonyl (C=O) groups is 2. The lowest BCUT2D eigenvalue weighted by molar-refractivity contribution is -0.148. The van der Waals surface area contributed by atoms with E-state index in [2.05, 4.69) is 19.9 Å². The van der Waals surface area contributed by atoms with E-state index < -0.39 is 11.8 Å². The van der Waals surface area contributed by atoms with Crippen molar-refractivity contribution >= 4 is 11.8 Å². The number of aryl methyl sites for hydroxylation is 2. The number of carbonyl (C=O) groups excluding carboxylic acids is 1. The van der Waals surface area contributed by atoms with Gasteiger partial charge in [0.2, 0.25) is 5.78 Å². The largest absolute Gasteiger partial charge is 0.475 e. The van der Waals surface area contributed by atoms with Crippen LogP contribution in [0.1, 0.15) is 81.9 Å². The molecule has 1 rings (SSSR count). The number of hydrogen-bond donors (Lipinski definition) is 1. The summed E-state index contributed by atoms with van der Waals surface area (Å²) in [5.74, 6) is -2.07. The molecule has 1 aromatic carbocycles. The number of carboxylic acids is 1. The zero-order chi connectivity index (χ0) is 17.8. The fraction of sp³-hybridized carbons (Fsp3) is 0.619. The van der Waals surface area contributed by atoms with Crippen LogP contribution in [0.2, 0.25) is 0 Å². The highest BCUT2D eigenvalue weighted by Gasteiger charge is 2.13. The van der Waals surface area contributed by atoms with Crippen molar-refractivity contribution < 1.29 is 14.7 Å². The summed E-state index contributed by atoms with van der Waals surface area (Å²) < 4.78 is 0. The van der Waals surface area contributed by atoms with Crippen molar-refractivity contribution in [1.82, 2.24) is 0 Å². The average molecular weight is 332 g/mol. The Kier molecular flexibility index (Phi) is 10.1. The maximum atomic E-state index is 11.5. The minimum Gasteiger partial charge on any atom is -0.475 e. The molecule has 0 saturated heterocycles. The van der Waals surface area contributed by atoms with Crippen LogP contribution in [0.5, 0.6) is 0 Å². The molecule has 3 heteroatoms. The summed E-state index contributed by atoms with van der Waals surface area (Å²) in [6.07, 6.45) is 11.7. The SMILES string of the molecule is CCCCCCc1cc(CCCCCC)cc(CC(=O)C(=O)O)c1. The first kappa shape index (κ1) is 20.4. The average Bonchev–Trinajstić information content (AvgIpc) is 2.55. The lowest BCUT2D eigenvalue weighted by atomic mass is 9.96. The standard InChI is InChI=1S/C21H32O3/c1-3-5-7-9-11-17-13-18(12-10-8-6-4-2)15-19(14-17)16-20(22)21(23)24/h13-15H,3-12,16H2,1-2H3,(H,23,24). The lowest BCUT2D eigenvalue weighted by Crippen LogP contribution is -2.15. The second-order valence-corrected chi connectivity index (χ2v) is 6.68. The van der Waals surface area contributed by atoms with Crippen LogP contribution in [0.25, 0.3) is 0 Å². The number of unbranched alkanes of at least 4 members (excludes halogenated alkanes) is 6. The molecule has 0 atom stereocenters. The number of ketones is 1. The number of Topliss-reactive ketones (excluding diaryl/α,β-unsaturated/α-hetero) is 1. The van der Waals surface area contributed by atoms with Crippen LogP contribution in [0.4, 0.5) is 0 Å². The molecular formula is C21H32O3. The smallest absolute Gasteiger partial charge is 0.372 e. The minimum absolute atomic E-state index is 0.0000926. The molecule has 0 heterocycles. The van der Waals surface area contributed by atoms with Crippen molar-refractivity contribution in [3.8, 4) is 0 Å². The van der Waals surface area contributed by atoms with Crippen LogP contribution in [0.3, 0.4) is 0 Å². The van der Waals surface area contributed by atoms with Crippen LogP contribution in [-0.4, -0.2) is 16.9 Å². The summed E-state index contributed by atoms with van der Waals surface area (Å²) in [6, 6.07) is 6.28. The Morgan fingerprint density at radius 2 is 1.21 bits per heavy atom. The van der Waals surface area contributed by atoms with E-state index in [1.54, 1.807) is 0 Å². The normalized spacial score (nSPS) is 10.8. The van der Waals surface area contributed by atoms with Gasteiger partial charge in [0.1, 0.15) is 0 Å². The maximum absolute atomic E-state index is 11.5. The van der Waals surface area contributed by atoms with Gasteiger partial charge in [0.25, 0.3) is 0 Å². The van der Waals surface area contributed by atoms with Gasteiger partial charge in [-0.25, -0.2) is 4.79 Å². The molecule has 3 nitrogen and oxygen atoms in total. The Morgan fingerprint density at radius 1 is 0.750 bits per heavy atom. The predicted molar refractivity (Wildman–Crippen MR) is 98.5 cm³/mol. The topological polar surface area (TPSA) is 54.4 Å². The highest BCUT2D eigenvalue weighted by atomic mass is 16.4. The van der Waals surface area contributed by atoms with Crippen molar-refractivity contribution in [1.29, 1.82) is 0 Å². The van der Waals surface area contributed by atoms with Gasteiger partial charge in [0.15, 0.2) is 0 Å². The van der Waals surface area contributed by atoms with Crippen molar-refractivity contribution in [3.63, 3.8) is 0 Å². The van der Waals surface area contributed by atoms with E-state index >= 15 is 0 Å². The van der Waals surface area contributed by atoms with Gasteiger partial charge >= 0.3 is 5.97 Å². The van der Waals surface area contributed by atoms with E-state index in [4.69, 9.17) is 5.11 Å². The molecule has 0 spiro atoms. The number of rotatable bonds is 13. The fourth-order valence-corrected chi connectivity index (χ4v) is 3.00. The minimum atomic E-state index is -1.34. The van der Waals surface area contributed by atoms with E-state index in [1.165, 1.54) is 49.7 Å². The monoisotopic (exact) mass is 332 g/mol. The molecular weight excluding hydrogens is 300 g/mol. The van der Waals surface area contributed by atoms with Gasteiger partial charge in [0.05, 0.1) is 0 Å². The molecule has 0 bridgehead atoms. The van der Waals surface area contributed by atoms with Crippen molar-refractivity contribution in [2.45, 2.75) is 84.5 Å². The van der Waals surface area contributed by atoms with Gasteiger partial charge in [-0.15, -0.1) is 0 Å². The summed E-state index contributed by atoms with van der Waals surface area (Å²) in [6.45, 7) is 4.40. The second-order valence-electron chi connectivity index (χ2n) is 6.68. The van der Waals surface area contributed by atoms with Crippen molar-refractivity contribution in [3.05, 3.63) is 34.9 Å². The van der Waals surface area contributed by atoms with Crippen LogP contribution in [0.15, 0.2) is 18.2 Å². The Morgan fingerprint density at radius 3 is 1.62 bits per heavy atom. The summed E-state index contributed by atoms with van der Waals surface area (Å²) in [5.41, 5.74) is 3.33. The lowest BCUT2D eigenvalue weighted by Gasteiger charge is -2.10. The molecule has 134 valence electrons. The number of benzene rings is 1. The van der Waals surface area contributed by atoms with Crippen LogP contribution < -0.4 is 0 Å². The number of carboxylic acid groups (broad SMARTS) is 1. The molecule has 1 N–H and O–H groups in total. The summed E-state index contributed by atoms with van der Waals surface area (Å²) in [5, 5.41) is 8.83. The predicted octanol–water partition coefficient (Wildman–Crippen LogP) is 5.13. The van der Waals surface area contributed by atoms with Gasteiger partial charge in [-0.3, -0.25) is 4.79 Å². The molecule has 0 saturated carbocycles. The molecule has 0 aliphatic rings. The summed E-state index contributed by atoms with van der Waals surface area (Å²) in [4.78, 5) is 22.3. The Bertz CT molecular complexity index is 490. The number of aliphatic carboxylic acids is 1. The zero-order valence-electron chi connectivity index (χ0n) is 15.3. The first-order valence-corrected chi connectivity index (χ1v) is 9.44. The highest BCUT2D eigenvalue weighted by Crippen LogP contribution is 2.17. The quantitative estimate of drug-likeness (QED) is 0.402. The molecule has 0 aliphatic heterocycles. The van der Waals surface area contributed by atoms with E-state index in [0.717, 1.165) is 31.2 Å². The van der Waals surface area contributed by atoms with E-state index in [9.17, 15) is 9.59 Å². The number of hydrogen-bond acceptors (Lipinski definition) is 2. The van der Waals surface area contributed by atoms with Crippen LogP contribution >= 0.6 is 0 Å². The zero-order valence-corrected chi connectivity index (χ0v) is 15.3. The Hall–Kier alpha value is -1.64. The van der Waals surface area contributed by atoms with Crippen molar-refractivity contribution in [2.24, 2.45) is 0 Å². The van der Waals surface area contributed by atoms with Crippen LogP contribution in [0, 0.1) is 0 Å². The van der Waals surface area contributed by atoms with Crippen LogP contribution in [-0.2, 0) is 28.9 Å². The maximum Gasteiger partial charge on any atom is 0.372 e. The third kappa shape index (κ3) is 8.28. The molecule has 0 amide bonds. The Labute approximate surface area is 146 Å². The first-order chi connectivity index (χ1) is 11.6. The third-order valence-electron chi connectivity index (χ3n) is 4.35. The molecule has 24 heavy (non-hydrogen) atoms. The molecule has 0 aliphatic carbocycles. The Balaban J connectivity index is 2.75. The third-order valence-corrected chi connectivity index (χ3v) is 4.35.